The largest absolute Gasteiger partial charge is 0.453 e. The van der Waals surface area contributed by atoms with Gasteiger partial charge in [0.1, 0.15) is 17.5 Å². The van der Waals surface area contributed by atoms with Crippen LogP contribution < -0.4 is 4.74 Å². The van der Waals surface area contributed by atoms with Gasteiger partial charge in [-0.15, -0.1) is 0 Å². The van der Waals surface area contributed by atoms with Gasteiger partial charge >= 0.3 is 0 Å². The Balaban J connectivity index is 2.35. The molecule has 0 fully saturated rings. The lowest BCUT2D eigenvalue weighted by molar-refractivity contribution is 0.474. The molecular formula is C13H12ClN3O. The lowest BCUT2D eigenvalue weighted by Crippen LogP contribution is -1.93. The highest BCUT2D eigenvalue weighted by molar-refractivity contribution is 6.31. The van der Waals surface area contributed by atoms with Crippen LogP contribution >= 0.6 is 11.6 Å². The van der Waals surface area contributed by atoms with Crippen molar-refractivity contribution < 1.29 is 4.74 Å². The fourth-order valence-corrected chi connectivity index (χ4v) is 1.88. The second-order valence-corrected chi connectivity index (χ2v) is 4.39. The fourth-order valence-electron chi connectivity index (χ4n) is 1.67. The van der Waals surface area contributed by atoms with Gasteiger partial charge in [-0.2, -0.15) is 10.4 Å². The quantitative estimate of drug-likeness (QED) is 0.833. The number of hydrogen-bond donors (Lipinski definition) is 0. The van der Waals surface area contributed by atoms with Gasteiger partial charge in [0.2, 0.25) is 0 Å². The number of nitriles is 1. The third kappa shape index (κ3) is 2.18. The van der Waals surface area contributed by atoms with E-state index in [4.69, 9.17) is 21.6 Å². The number of aromatic nitrogens is 2. The summed E-state index contributed by atoms with van der Waals surface area (Å²) in [5.74, 6) is 1.32. The van der Waals surface area contributed by atoms with Crippen molar-refractivity contribution >= 4 is 11.6 Å². The topological polar surface area (TPSA) is 50.8 Å². The van der Waals surface area contributed by atoms with Crippen LogP contribution in [0.2, 0.25) is 5.02 Å². The van der Waals surface area contributed by atoms with Crippen molar-refractivity contribution in [3.63, 3.8) is 0 Å². The van der Waals surface area contributed by atoms with E-state index in [0.29, 0.717) is 16.3 Å². The molecule has 2 aromatic rings. The summed E-state index contributed by atoms with van der Waals surface area (Å²) >= 11 is 5.96. The molecule has 18 heavy (non-hydrogen) atoms. The zero-order chi connectivity index (χ0) is 13.3. The first-order valence-corrected chi connectivity index (χ1v) is 5.78. The number of benzene rings is 1. The molecule has 0 saturated heterocycles. The van der Waals surface area contributed by atoms with Crippen LogP contribution in [0.4, 0.5) is 0 Å². The molecule has 92 valence electrons. The van der Waals surface area contributed by atoms with E-state index in [2.05, 4.69) is 5.10 Å². The van der Waals surface area contributed by atoms with Crippen molar-refractivity contribution in [2.45, 2.75) is 13.8 Å². The van der Waals surface area contributed by atoms with E-state index in [1.807, 2.05) is 27.0 Å². The Morgan fingerprint density at radius 3 is 2.61 bits per heavy atom. The summed E-state index contributed by atoms with van der Waals surface area (Å²) in [5, 5.41) is 13.5. The Labute approximate surface area is 110 Å². The number of rotatable bonds is 2. The molecular weight excluding hydrogens is 250 g/mol. The van der Waals surface area contributed by atoms with E-state index in [-0.39, 0.29) is 0 Å². The van der Waals surface area contributed by atoms with E-state index < -0.39 is 0 Å². The first-order valence-electron chi connectivity index (χ1n) is 5.40. The van der Waals surface area contributed by atoms with Crippen LogP contribution in [0, 0.1) is 25.2 Å². The molecule has 0 aliphatic carbocycles. The summed E-state index contributed by atoms with van der Waals surface area (Å²) < 4.78 is 7.52. The Bertz CT molecular complexity index is 640. The second kappa shape index (κ2) is 4.71. The first-order chi connectivity index (χ1) is 8.52. The molecule has 0 N–H and O–H groups in total. The molecule has 0 amide bonds. The zero-order valence-electron chi connectivity index (χ0n) is 10.4. The maximum Gasteiger partial charge on any atom is 0.171 e. The molecule has 0 bridgehead atoms. The summed E-state index contributed by atoms with van der Waals surface area (Å²) in [6.45, 7) is 3.81. The molecule has 2 rings (SSSR count). The molecule has 0 spiro atoms. The van der Waals surface area contributed by atoms with E-state index in [9.17, 15) is 0 Å². The van der Waals surface area contributed by atoms with Crippen molar-refractivity contribution in [3.05, 3.63) is 40.2 Å². The Morgan fingerprint density at radius 1 is 1.39 bits per heavy atom. The van der Waals surface area contributed by atoms with Gasteiger partial charge in [0, 0.05) is 13.1 Å². The molecule has 0 unspecified atom stereocenters. The summed E-state index contributed by atoms with van der Waals surface area (Å²) in [4.78, 5) is 0. The predicted molar refractivity (Wildman–Crippen MR) is 68.9 cm³/mol. The minimum atomic E-state index is 0.384. The molecule has 0 aliphatic heterocycles. The standard InChI is InChI=1S/C13H12ClN3O/c1-8-13(9(2)17(3)16-8)18-11-5-4-10(7-15)12(14)6-11/h4-6H,1-3H3. The van der Waals surface area contributed by atoms with E-state index in [0.717, 1.165) is 17.1 Å². The van der Waals surface area contributed by atoms with Crippen molar-refractivity contribution in [1.29, 1.82) is 5.26 Å². The summed E-state index contributed by atoms with van der Waals surface area (Å²) in [6, 6.07) is 7.00. The van der Waals surface area contributed by atoms with Gasteiger partial charge in [-0.3, -0.25) is 4.68 Å². The molecule has 1 aromatic heterocycles. The molecule has 0 saturated carbocycles. The number of hydrogen-bond acceptors (Lipinski definition) is 3. The van der Waals surface area contributed by atoms with Crippen molar-refractivity contribution in [2.75, 3.05) is 0 Å². The minimum absolute atomic E-state index is 0.384. The molecule has 5 heteroatoms. The molecule has 1 aromatic carbocycles. The van der Waals surface area contributed by atoms with Crippen molar-refractivity contribution in [2.24, 2.45) is 7.05 Å². The number of ether oxygens (including phenoxy) is 1. The van der Waals surface area contributed by atoms with Crippen molar-refractivity contribution in [3.8, 4) is 17.6 Å². The smallest absolute Gasteiger partial charge is 0.171 e. The third-order valence-electron chi connectivity index (χ3n) is 2.72. The van der Waals surface area contributed by atoms with Gasteiger partial charge in [-0.25, -0.2) is 0 Å². The lowest BCUT2D eigenvalue weighted by Gasteiger charge is -2.06. The highest BCUT2D eigenvalue weighted by Crippen LogP contribution is 2.30. The van der Waals surface area contributed by atoms with Crippen LogP contribution in [0.15, 0.2) is 18.2 Å². The summed E-state index contributed by atoms with van der Waals surface area (Å²) in [6.07, 6.45) is 0. The fraction of sp³-hybridized carbons (Fsp3) is 0.231. The number of nitrogens with zero attached hydrogens (tertiary/aromatic N) is 3. The van der Waals surface area contributed by atoms with Crippen LogP contribution in [0.25, 0.3) is 0 Å². The Kier molecular flexibility index (Phi) is 3.26. The van der Waals surface area contributed by atoms with Crippen molar-refractivity contribution in [1.82, 2.24) is 9.78 Å². The van der Waals surface area contributed by atoms with Gasteiger partial charge in [-0.05, 0) is 26.0 Å². The van der Waals surface area contributed by atoms with Crippen LogP contribution in [0.3, 0.4) is 0 Å². The van der Waals surface area contributed by atoms with Gasteiger partial charge in [-0.1, -0.05) is 11.6 Å². The number of aryl methyl sites for hydroxylation is 2. The number of halogens is 1. The van der Waals surface area contributed by atoms with Gasteiger partial charge in [0.25, 0.3) is 0 Å². The highest BCUT2D eigenvalue weighted by Gasteiger charge is 2.12. The third-order valence-corrected chi connectivity index (χ3v) is 3.04. The van der Waals surface area contributed by atoms with E-state index >= 15 is 0 Å². The maximum absolute atomic E-state index is 8.80. The Morgan fingerprint density at radius 2 is 2.11 bits per heavy atom. The first kappa shape index (κ1) is 12.5. The summed E-state index contributed by atoms with van der Waals surface area (Å²) in [7, 11) is 1.86. The van der Waals surface area contributed by atoms with E-state index in [1.165, 1.54) is 0 Å². The van der Waals surface area contributed by atoms with Gasteiger partial charge < -0.3 is 4.74 Å². The van der Waals surface area contributed by atoms with Gasteiger partial charge in [0.05, 0.1) is 16.3 Å². The molecule has 0 radical (unpaired) electrons. The zero-order valence-corrected chi connectivity index (χ0v) is 11.1. The van der Waals surface area contributed by atoms with Gasteiger partial charge in [0.15, 0.2) is 5.75 Å². The van der Waals surface area contributed by atoms with Crippen LogP contribution in [0.5, 0.6) is 11.5 Å². The monoisotopic (exact) mass is 261 g/mol. The molecule has 4 nitrogen and oxygen atoms in total. The predicted octanol–water partition coefficient (Wildman–Crippen LogP) is 3.35. The average Bonchev–Trinajstić information content (AvgIpc) is 2.56. The second-order valence-electron chi connectivity index (χ2n) is 3.98. The van der Waals surface area contributed by atoms with E-state index in [1.54, 1.807) is 22.9 Å². The normalized spacial score (nSPS) is 10.2. The Hall–Kier alpha value is -1.99. The molecule has 1 heterocycles. The maximum atomic E-state index is 8.80. The highest BCUT2D eigenvalue weighted by atomic mass is 35.5. The lowest BCUT2D eigenvalue weighted by atomic mass is 10.2. The SMILES string of the molecule is Cc1nn(C)c(C)c1Oc1ccc(C#N)c(Cl)c1. The minimum Gasteiger partial charge on any atom is -0.453 e. The summed E-state index contributed by atoms with van der Waals surface area (Å²) in [5.41, 5.74) is 2.19. The average molecular weight is 262 g/mol. The van der Waals surface area contributed by atoms with Crippen LogP contribution in [0.1, 0.15) is 17.0 Å². The van der Waals surface area contributed by atoms with Crippen LogP contribution in [-0.2, 0) is 7.05 Å². The van der Waals surface area contributed by atoms with Crippen LogP contribution in [-0.4, -0.2) is 9.78 Å². The molecule has 0 atom stereocenters. The molecule has 0 aliphatic rings.